The molecule has 6 heteroatoms. The van der Waals surface area contributed by atoms with Crippen LogP contribution in [-0.2, 0) is 4.79 Å². The van der Waals surface area contributed by atoms with Crippen LogP contribution in [0.25, 0.3) is 0 Å². The van der Waals surface area contributed by atoms with Gasteiger partial charge in [-0.15, -0.1) is 0 Å². The predicted octanol–water partition coefficient (Wildman–Crippen LogP) is 3.36. The van der Waals surface area contributed by atoms with Crippen LogP contribution < -0.4 is 10.3 Å². The lowest BCUT2D eigenvalue weighted by Gasteiger charge is -2.23. The number of hydrazone groups is 1. The molecule has 2 aromatic carbocycles. The summed E-state index contributed by atoms with van der Waals surface area (Å²) in [5.74, 6) is 0.339. The standard InChI is InChI=1S/C19H17N5O/c25-19(21-18-11-12-20-22-18)16-13-17(14-7-3-1-4-8-14)24(23-16)15-9-5-2-6-10-15/h1-12,17H,13H2,(H2,20,21,22,25). The minimum absolute atomic E-state index is 0.00823. The van der Waals surface area contributed by atoms with E-state index in [-0.39, 0.29) is 11.9 Å². The van der Waals surface area contributed by atoms with E-state index in [0.29, 0.717) is 18.0 Å². The van der Waals surface area contributed by atoms with Crippen molar-refractivity contribution in [3.05, 3.63) is 78.5 Å². The van der Waals surface area contributed by atoms with E-state index in [2.05, 4.69) is 32.7 Å². The summed E-state index contributed by atoms with van der Waals surface area (Å²) in [5, 5.41) is 15.9. The minimum atomic E-state index is -0.219. The molecule has 25 heavy (non-hydrogen) atoms. The highest BCUT2D eigenvalue weighted by molar-refractivity contribution is 6.43. The van der Waals surface area contributed by atoms with Gasteiger partial charge in [0, 0.05) is 12.5 Å². The van der Waals surface area contributed by atoms with Crippen molar-refractivity contribution >= 4 is 23.1 Å². The third-order valence-corrected chi connectivity index (χ3v) is 4.13. The Labute approximate surface area is 145 Å². The molecule has 0 saturated carbocycles. The fourth-order valence-corrected chi connectivity index (χ4v) is 2.92. The number of H-pyrrole nitrogens is 1. The van der Waals surface area contributed by atoms with Gasteiger partial charge in [-0.1, -0.05) is 48.5 Å². The van der Waals surface area contributed by atoms with Gasteiger partial charge < -0.3 is 5.32 Å². The second-order valence-corrected chi connectivity index (χ2v) is 5.78. The van der Waals surface area contributed by atoms with Crippen molar-refractivity contribution in [1.29, 1.82) is 0 Å². The Balaban J connectivity index is 1.64. The lowest BCUT2D eigenvalue weighted by atomic mass is 10.0. The van der Waals surface area contributed by atoms with Gasteiger partial charge in [0.05, 0.1) is 17.9 Å². The summed E-state index contributed by atoms with van der Waals surface area (Å²) >= 11 is 0. The van der Waals surface area contributed by atoms with E-state index in [1.54, 1.807) is 12.3 Å². The predicted molar refractivity (Wildman–Crippen MR) is 97.4 cm³/mol. The quantitative estimate of drug-likeness (QED) is 0.770. The maximum absolute atomic E-state index is 12.6. The first-order chi connectivity index (χ1) is 12.3. The van der Waals surface area contributed by atoms with Crippen LogP contribution in [0.2, 0.25) is 0 Å². The van der Waals surface area contributed by atoms with E-state index in [4.69, 9.17) is 0 Å². The Bertz CT molecular complexity index is 875. The molecule has 0 saturated heterocycles. The average Bonchev–Trinajstić information content (AvgIpc) is 3.33. The highest BCUT2D eigenvalue weighted by Gasteiger charge is 2.32. The number of para-hydroxylation sites is 1. The van der Waals surface area contributed by atoms with Crippen LogP contribution in [0.1, 0.15) is 18.0 Å². The molecule has 1 amide bonds. The van der Waals surface area contributed by atoms with Crippen LogP contribution in [0.5, 0.6) is 0 Å². The number of hydrogen-bond donors (Lipinski definition) is 2. The van der Waals surface area contributed by atoms with Gasteiger partial charge in [-0.2, -0.15) is 10.2 Å². The molecular weight excluding hydrogens is 314 g/mol. The zero-order chi connectivity index (χ0) is 17.1. The number of amides is 1. The van der Waals surface area contributed by atoms with Crippen molar-refractivity contribution in [3.8, 4) is 0 Å². The van der Waals surface area contributed by atoms with Crippen LogP contribution in [0.4, 0.5) is 11.5 Å². The third-order valence-electron chi connectivity index (χ3n) is 4.13. The number of carbonyl (C=O) groups excluding carboxylic acids is 1. The molecule has 2 N–H and O–H groups in total. The van der Waals surface area contributed by atoms with E-state index >= 15 is 0 Å². The number of benzene rings is 2. The SMILES string of the molecule is O=C(Nc1ccn[nH]1)C1=NN(c2ccccc2)C(c2ccccc2)C1. The maximum Gasteiger partial charge on any atom is 0.273 e. The molecule has 3 aromatic rings. The number of nitrogens with zero attached hydrogens (tertiary/aromatic N) is 3. The van der Waals surface area contributed by atoms with E-state index < -0.39 is 0 Å². The summed E-state index contributed by atoms with van der Waals surface area (Å²) in [7, 11) is 0. The molecule has 0 aliphatic carbocycles. The monoisotopic (exact) mass is 331 g/mol. The van der Waals surface area contributed by atoms with Crippen molar-refractivity contribution in [2.75, 3.05) is 10.3 Å². The maximum atomic E-state index is 12.6. The highest BCUT2D eigenvalue weighted by atomic mass is 16.2. The first-order valence-corrected chi connectivity index (χ1v) is 8.09. The first-order valence-electron chi connectivity index (χ1n) is 8.09. The molecule has 0 radical (unpaired) electrons. The zero-order valence-electron chi connectivity index (χ0n) is 13.5. The Hall–Kier alpha value is -3.41. The Morgan fingerprint density at radius 3 is 2.44 bits per heavy atom. The van der Waals surface area contributed by atoms with E-state index in [0.717, 1.165) is 11.3 Å². The fraction of sp³-hybridized carbons (Fsp3) is 0.105. The molecule has 4 rings (SSSR count). The van der Waals surface area contributed by atoms with Crippen molar-refractivity contribution in [3.63, 3.8) is 0 Å². The van der Waals surface area contributed by atoms with Crippen molar-refractivity contribution in [1.82, 2.24) is 10.2 Å². The number of anilines is 2. The Kier molecular flexibility index (Phi) is 4.00. The van der Waals surface area contributed by atoms with Gasteiger partial charge in [0.2, 0.25) is 0 Å². The number of nitrogens with one attached hydrogen (secondary N) is 2. The second-order valence-electron chi connectivity index (χ2n) is 5.78. The Morgan fingerprint density at radius 2 is 1.76 bits per heavy atom. The molecule has 1 atom stereocenters. The lowest BCUT2D eigenvalue weighted by Crippen LogP contribution is -2.22. The zero-order valence-corrected chi connectivity index (χ0v) is 13.5. The van der Waals surface area contributed by atoms with Gasteiger partial charge in [0.1, 0.15) is 11.5 Å². The molecule has 0 bridgehead atoms. The number of aromatic nitrogens is 2. The van der Waals surface area contributed by atoms with Gasteiger partial charge >= 0.3 is 0 Å². The molecule has 1 aromatic heterocycles. The number of rotatable bonds is 4. The summed E-state index contributed by atoms with van der Waals surface area (Å²) in [5.41, 5.74) is 2.58. The number of carbonyl (C=O) groups is 1. The van der Waals surface area contributed by atoms with E-state index in [1.807, 2.05) is 53.5 Å². The van der Waals surface area contributed by atoms with Gasteiger partial charge in [-0.3, -0.25) is 14.9 Å². The van der Waals surface area contributed by atoms with Gasteiger partial charge in [-0.05, 0) is 17.7 Å². The molecule has 124 valence electrons. The van der Waals surface area contributed by atoms with Crippen LogP contribution >= 0.6 is 0 Å². The van der Waals surface area contributed by atoms with Gasteiger partial charge in [0.25, 0.3) is 5.91 Å². The summed E-state index contributed by atoms with van der Waals surface area (Å²) in [6, 6.07) is 21.7. The highest BCUT2D eigenvalue weighted by Crippen LogP contribution is 2.35. The Morgan fingerprint density at radius 1 is 1.04 bits per heavy atom. The van der Waals surface area contributed by atoms with E-state index in [1.165, 1.54) is 0 Å². The fourth-order valence-electron chi connectivity index (χ4n) is 2.92. The summed E-state index contributed by atoms with van der Waals surface area (Å²) in [6.45, 7) is 0. The molecule has 1 aliphatic rings. The second kappa shape index (κ2) is 6.60. The average molecular weight is 331 g/mol. The van der Waals surface area contributed by atoms with Crippen molar-refractivity contribution in [2.24, 2.45) is 5.10 Å². The molecule has 2 heterocycles. The minimum Gasteiger partial charge on any atom is -0.306 e. The lowest BCUT2D eigenvalue weighted by molar-refractivity contribution is -0.110. The summed E-state index contributed by atoms with van der Waals surface area (Å²) < 4.78 is 0. The van der Waals surface area contributed by atoms with Gasteiger partial charge in [0.15, 0.2) is 0 Å². The molecular formula is C19H17N5O. The topological polar surface area (TPSA) is 73.4 Å². The number of aromatic amines is 1. The van der Waals surface area contributed by atoms with Crippen LogP contribution in [-0.4, -0.2) is 21.8 Å². The number of hydrogen-bond acceptors (Lipinski definition) is 4. The molecule has 1 aliphatic heterocycles. The molecule has 0 spiro atoms. The van der Waals surface area contributed by atoms with E-state index in [9.17, 15) is 4.79 Å². The summed E-state index contributed by atoms with van der Waals surface area (Å²) in [6.07, 6.45) is 2.13. The largest absolute Gasteiger partial charge is 0.306 e. The molecule has 1 unspecified atom stereocenters. The van der Waals surface area contributed by atoms with Crippen LogP contribution in [0.3, 0.4) is 0 Å². The smallest absolute Gasteiger partial charge is 0.273 e. The van der Waals surface area contributed by atoms with Crippen LogP contribution in [0, 0.1) is 0 Å². The van der Waals surface area contributed by atoms with Crippen molar-refractivity contribution < 1.29 is 4.79 Å². The first kappa shape index (κ1) is 15.1. The van der Waals surface area contributed by atoms with Gasteiger partial charge in [-0.25, -0.2) is 0 Å². The van der Waals surface area contributed by atoms with Crippen molar-refractivity contribution in [2.45, 2.75) is 12.5 Å². The molecule has 6 nitrogen and oxygen atoms in total. The molecule has 0 fully saturated rings. The normalized spacial score (nSPS) is 16.6. The van der Waals surface area contributed by atoms with Crippen LogP contribution in [0.15, 0.2) is 78.0 Å². The summed E-state index contributed by atoms with van der Waals surface area (Å²) in [4.78, 5) is 12.6. The third kappa shape index (κ3) is 3.14.